The summed E-state index contributed by atoms with van der Waals surface area (Å²) in [7, 11) is 0. The van der Waals surface area contributed by atoms with Gasteiger partial charge in [0.1, 0.15) is 5.82 Å². The van der Waals surface area contributed by atoms with Crippen molar-refractivity contribution in [1.82, 2.24) is 15.2 Å². The Labute approximate surface area is 113 Å². The average molecular weight is 269 g/mol. The Hall–Kier alpha value is -0.550. The Morgan fingerprint density at radius 1 is 1.39 bits per heavy atom. The summed E-state index contributed by atoms with van der Waals surface area (Å²) >= 11 is 1.66. The van der Waals surface area contributed by atoms with Crippen LogP contribution in [-0.4, -0.2) is 34.1 Å². The van der Waals surface area contributed by atoms with Crippen LogP contribution in [0.1, 0.15) is 44.9 Å². The smallest absolute Gasteiger partial charge is 0.208 e. The van der Waals surface area contributed by atoms with Gasteiger partial charge in [0.15, 0.2) is 0 Å². The van der Waals surface area contributed by atoms with Gasteiger partial charge in [-0.3, -0.25) is 5.10 Å². The van der Waals surface area contributed by atoms with E-state index in [1.54, 1.807) is 11.8 Å². The summed E-state index contributed by atoms with van der Waals surface area (Å²) in [5.74, 6) is 2.89. The van der Waals surface area contributed by atoms with Crippen molar-refractivity contribution in [3.63, 3.8) is 0 Å². The minimum Gasteiger partial charge on any atom is -0.381 e. The summed E-state index contributed by atoms with van der Waals surface area (Å²) in [6, 6.07) is 0. The molecule has 0 saturated heterocycles. The fourth-order valence-electron chi connectivity index (χ4n) is 2.43. The third kappa shape index (κ3) is 4.61. The number of aryl methyl sites for hydroxylation is 1. The molecule has 1 heterocycles. The summed E-state index contributed by atoms with van der Waals surface area (Å²) in [6.07, 6.45) is 7.95. The van der Waals surface area contributed by atoms with E-state index >= 15 is 0 Å². The predicted molar refractivity (Wildman–Crippen MR) is 73.9 cm³/mol. The monoisotopic (exact) mass is 269 g/mol. The van der Waals surface area contributed by atoms with Gasteiger partial charge in [-0.05, 0) is 19.3 Å². The molecule has 1 fully saturated rings. The standard InChI is InChI=1S/C13H23N3OS/c1-2-17-9-10-18-13-14-12(15-16-13)8-7-11-5-3-4-6-11/h11H,2-10H2,1H3,(H,14,15,16). The Morgan fingerprint density at radius 3 is 3.00 bits per heavy atom. The molecule has 1 aliphatic rings. The lowest BCUT2D eigenvalue weighted by molar-refractivity contribution is 0.164. The van der Waals surface area contributed by atoms with Crippen molar-refractivity contribution < 1.29 is 4.74 Å². The molecule has 4 nitrogen and oxygen atoms in total. The molecule has 0 aliphatic heterocycles. The van der Waals surface area contributed by atoms with Crippen LogP contribution < -0.4 is 0 Å². The highest BCUT2D eigenvalue weighted by molar-refractivity contribution is 7.99. The molecule has 0 amide bonds. The van der Waals surface area contributed by atoms with Crippen LogP contribution in [0.4, 0.5) is 0 Å². The first-order valence-electron chi connectivity index (χ1n) is 7.00. The number of hydrogen-bond acceptors (Lipinski definition) is 4. The van der Waals surface area contributed by atoms with Crippen molar-refractivity contribution in [1.29, 1.82) is 0 Å². The van der Waals surface area contributed by atoms with Crippen LogP contribution in [0.3, 0.4) is 0 Å². The first-order chi connectivity index (χ1) is 8.88. The molecule has 0 radical (unpaired) electrons. The predicted octanol–water partition coefficient (Wildman–Crippen LogP) is 3.06. The Morgan fingerprint density at radius 2 is 2.22 bits per heavy atom. The number of aromatic nitrogens is 3. The Balaban J connectivity index is 1.65. The van der Waals surface area contributed by atoms with Gasteiger partial charge in [-0.25, -0.2) is 4.98 Å². The molecule has 1 N–H and O–H groups in total. The molecule has 18 heavy (non-hydrogen) atoms. The molecule has 0 aromatic carbocycles. The minimum absolute atomic E-state index is 0.771. The fraction of sp³-hybridized carbons (Fsp3) is 0.846. The van der Waals surface area contributed by atoms with Crippen LogP contribution in [0.5, 0.6) is 0 Å². The number of nitrogens with zero attached hydrogens (tertiary/aromatic N) is 2. The quantitative estimate of drug-likeness (QED) is 0.582. The number of rotatable bonds is 8. The zero-order valence-electron chi connectivity index (χ0n) is 11.2. The summed E-state index contributed by atoms with van der Waals surface area (Å²) in [6.45, 7) is 3.56. The van der Waals surface area contributed by atoms with Crippen molar-refractivity contribution in [3.8, 4) is 0 Å². The van der Waals surface area contributed by atoms with Gasteiger partial charge >= 0.3 is 0 Å². The van der Waals surface area contributed by atoms with Crippen molar-refractivity contribution in [2.45, 2.75) is 50.6 Å². The van der Waals surface area contributed by atoms with Crippen molar-refractivity contribution in [2.24, 2.45) is 5.92 Å². The molecule has 0 unspecified atom stereocenters. The maximum atomic E-state index is 5.29. The molecule has 2 rings (SSSR count). The van der Waals surface area contributed by atoms with E-state index in [9.17, 15) is 0 Å². The first-order valence-corrected chi connectivity index (χ1v) is 7.99. The number of hydrogen-bond donors (Lipinski definition) is 1. The number of H-pyrrole nitrogens is 1. The summed E-state index contributed by atoms with van der Waals surface area (Å²) in [5, 5.41) is 8.14. The first kappa shape index (κ1) is 13.9. The number of ether oxygens (including phenoxy) is 1. The lowest BCUT2D eigenvalue weighted by atomic mass is 10.0. The highest BCUT2D eigenvalue weighted by atomic mass is 32.2. The van der Waals surface area contributed by atoms with Crippen molar-refractivity contribution in [2.75, 3.05) is 19.0 Å². The third-order valence-electron chi connectivity index (χ3n) is 3.44. The van der Waals surface area contributed by atoms with Crippen LogP contribution >= 0.6 is 11.8 Å². The lowest BCUT2D eigenvalue weighted by Gasteiger charge is -2.05. The van der Waals surface area contributed by atoms with Crippen molar-refractivity contribution >= 4 is 11.8 Å². The second-order valence-electron chi connectivity index (χ2n) is 4.80. The topological polar surface area (TPSA) is 50.8 Å². The number of thioether (sulfide) groups is 1. The molecular formula is C13H23N3OS. The van der Waals surface area contributed by atoms with E-state index in [1.807, 2.05) is 6.92 Å². The summed E-state index contributed by atoms with van der Waals surface area (Å²) < 4.78 is 5.29. The molecule has 1 saturated carbocycles. The van der Waals surface area contributed by atoms with Crippen LogP contribution in [0.2, 0.25) is 0 Å². The van der Waals surface area contributed by atoms with Gasteiger partial charge in [0.25, 0.3) is 0 Å². The van der Waals surface area contributed by atoms with Crippen LogP contribution in [-0.2, 0) is 11.2 Å². The number of nitrogens with one attached hydrogen (secondary N) is 1. The van der Waals surface area contributed by atoms with Gasteiger partial charge in [0.05, 0.1) is 6.61 Å². The van der Waals surface area contributed by atoms with E-state index in [0.29, 0.717) is 0 Å². The number of aromatic amines is 1. The molecule has 1 aliphatic carbocycles. The third-order valence-corrected chi connectivity index (χ3v) is 4.25. The van der Waals surface area contributed by atoms with Gasteiger partial charge in [-0.2, -0.15) is 0 Å². The molecule has 1 aromatic heterocycles. The average Bonchev–Trinajstić information content (AvgIpc) is 3.03. The molecule has 102 valence electrons. The normalized spacial score (nSPS) is 16.5. The Bertz CT molecular complexity index is 337. The van der Waals surface area contributed by atoms with Crippen molar-refractivity contribution in [3.05, 3.63) is 5.82 Å². The SMILES string of the molecule is CCOCCSc1n[nH]c(CCC2CCCC2)n1. The molecule has 0 bridgehead atoms. The highest BCUT2D eigenvalue weighted by Crippen LogP contribution is 2.28. The minimum atomic E-state index is 0.771. The molecule has 0 spiro atoms. The fourth-order valence-corrected chi connectivity index (χ4v) is 3.10. The van der Waals surface area contributed by atoms with E-state index in [-0.39, 0.29) is 0 Å². The van der Waals surface area contributed by atoms with E-state index < -0.39 is 0 Å². The van der Waals surface area contributed by atoms with Gasteiger partial charge in [-0.15, -0.1) is 5.10 Å². The maximum absolute atomic E-state index is 5.29. The second-order valence-corrected chi connectivity index (χ2v) is 5.86. The van der Waals surface area contributed by atoms with Gasteiger partial charge in [-0.1, -0.05) is 37.4 Å². The highest BCUT2D eigenvalue weighted by Gasteiger charge is 2.15. The zero-order valence-corrected chi connectivity index (χ0v) is 12.0. The summed E-state index contributed by atoms with van der Waals surface area (Å²) in [4.78, 5) is 4.51. The second kappa shape index (κ2) is 7.79. The Kier molecular flexibility index (Phi) is 6.00. The molecule has 5 heteroatoms. The maximum Gasteiger partial charge on any atom is 0.208 e. The van der Waals surface area contributed by atoms with Crippen LogP contribution in [0.25, 0.3) is 0 Å². The van der Waals surface area contributed by atoms with Crippen LogP contribution in [0.15, 0.2) is 5.16 Å². The van der Waals surface area contributed by atoms with Gasteiger partial charge in [0, 0.05) is 18.8 Å². The van der Waals surface area contributed by atoms with E-state index in [1.165, 1.54) is 32.1 Å². The zero-order chi connectivity index (χ0) is 12.6. The van der Waals surface area contributed by atoms with E-state index in [2.05, 4.69) is 15.2 Å². The molecular weight excluding hydrogens is 246 g/mol. The molecule has 0 atom stereocenters. The molecule has 1 aromatic rings. The largest absolute Gasteiger partial charge is 0.381 e. The van der Waals surface area contributed by atoms with Gasteiger partial charge < -0.3 is 4.74 Å². The van der Waals surface area contributed by atoms with E-state index in [0.717, 1.165) is 42.3 Å². The van der Waals surface area contributed by atoms with Gasteiger partial charge in [0.2, 0.25) is 5.16 Å². The lowest BCUT2D eigenvalue weighted by Crippen LogP contribution is -1.98. The van der Waals surface area contributed by atoms with Crippen LogP contribution in [0, 0.1) is 5.92 Å². The summed E-state index contributed by atoms with van der Waals surface area (Å²) in [5.41, 5.74) is 0. The van der Waals surface area contributed by atoms with E-state index in [4.69, 9.17) is 4.74 Å².